The van der Waals surface area contributed by atoms with Crippen molar-refractivity contribution in [3.8, 4) is 0 Å². The fourth-order valence-electron chi connectivity index (χ4n) is 5.18. The summed E-state index contributed by atoms with van der Waals surface area (Å²) in [7, 11) is -2.29. The van der Waals surface area contributed by atoms with E-state index in [1.807, 2.05) is 0 Å². The molecular formula is C29H49N3O7Si. The Hall–Kier alpha value is -2.56. The molecule has 3 amide bonds. The molecule has 0 radical (unpaired) electrons. The van der Waals surface area contributed by atoms with E-state index >= 15 is 0 Å². The summed E-state index contributed by atoms with van der Waals surface area (Å²) in [5.74, 6) is -1.60. The smallest absolute Gasteiger partial charge is 0.408 e. The Bertz CT molecular complexity index is 1030. The Kier molecular flexibility index (Phi) is 9.38. The van der Waals surface area contributed by atoms with Crippen molar-refractivity contribution in [1.29, 1.82) is 0 Å². The SMILES string of the molecule is CC(C)(C)OC(=O)NC1CCCCCCCC2CC2(C(=O)O)NC(=O)C2CC(O[Si](C)(C)C(C)(C)C)=CN2C1=O. The average molecular weight is 580 g/mol. The molecule has 2 fully saturated rings. The Balaban J connectivity index is 1.94. The van der Waals surface area contributed by atoms with Crippen LogP contribution in [0, 0.1) is 5.92 Å². The van der Waals surface area contributed by atoms with E-state index in [9.17, 15) is 24.3 Å². The van der Waals surface area contributed by atoms with Gasteiger partial charge in [0.1, 0.15) is 23.2 Å². The Morgan fingerprint density at radius 3 is 2.23 bits per heavy atom. The van der Waals surface area contributed by atoms with Crippen molar-refractivity contribution in [1.82, 2.24) is 15.5 Å². The van der Waals surface area contributed by atoms with Crippen LogP contribution in [0.1, 0.15) is 99.3 Å². The lowest BCUT2D eigenvalue weighted by atomic mass is 10.0. The van der Waals surface area contributed by atoms with Crippen molar-refractivity contribution in [2.24, 2.45) is 5.92 Å². The highest BCUT2D eigenvalue weighted by Crippen LogP contribution is 2.48. The highest BCUT2D eigenvalue weighted by atomic mass is 28.4. The molecule has 4 unspecified atom stereocenters. The maximum absolute atomic E-state index is 14.0. The molecule has 3 N–H and O–H groups in total. The standard InChI is InChI=1S/C29H49N3O7Si/c1-27(2,3)38-26(37)30-21-15-13-11-9-10-12-14-19-17-29(19,25(35)36)31-23(33)22-16-20(18-32(22)24(21)34)39-40(7,8)28(4,5)6/h18-19,21-22H,9-17H2,1-8H3,(H,30,37)(H,31,33)(H,35,36). The number of alkyl carbamates (subject to hydrolysis) is 1. The van der Waals surface area contributed by atoms with Gasteiger partial charge in [-0.3, -0.25) is 9.59 Å². The molecule has 0 bridgehead atoms. The number of rotatable bonds is 4. The number of amides is 3. The van der Waals surface area contributed by atoms with Crippen molar-refractivity contribution in [2.75, 3.05) is 0 Å². The number of ether oxygens (including phenoxy) is 1. The lowest BCUT2D eigenvalue weighted by molar-refractivity contribution is -0.145. The van der Waals surface area contributed by atoms with E-state index in [4.69, 9.17) is 9.16 Å². The summed E-state index contributed by atoms with van der Waals surface area (Å²) in [6.07, 6.45) is 6.92. The quantitative estimate of drug-likeness (QED) is 0.397. The second-order valence-corrected chi connectivity index (χ2v) is 18.9. The molecule has 3 aliphatic rings. The van der Waals surface area contributed by atoms with Gasteiger partial charge < -0.3 is 29.8 Å². The largest absolute Gasteiger partial charge is 0.545 e. The molecule has 1 aliphatic carbocycles. The first-order chi connectivity index (χ1) is 18.4. The summed E-state index contributed by atoms with van der Waals surface area (Å²) in [5, 5.41) is 15.5. The third kappa shape index (κ3) is 7.58. The van der Waals surface area contributed by atoms with Crippen molar-refractivity contribution in [3.05, 3.63) is 12.0 Å². The van der Waals surface area contributed by atoms with Crippen LogP contribution in [0.5, 0.6) is 0 Å². The number of fused-ring (bicyclic) bond motifs is 2. The second-order valence-electron chi connectivity index (χ2n) is 14.1. The minimum absolute atomic E-state index is 0.105. The van der Waals surface area contributed by atoms with Crippen LogP contribution in [-0.2, 0) is 23.5 Å². The van der Waals surface area contributed by atoms with Crippen LogP contribution in [0.2, 0.25) is 18.1 Å². The van der Waals surface area contributed by atoms with E-state index in [1.165, 1.54) is 4.90 Å². The molecule has 0 spiro atoms. The summed E-state index contributed by atoms with van der Waals surface area (Å²) < 4.78 is 11.9. The van der Waals surface area contributed by atoms with Crippen LogP contribution in [0.25, 0.3) is 0 Å². The van der Waals surface area contributed by atoms with Gasteiger partial charge in [-0.1, -0.05) is 52.9 Å². The average Bonchev–Trinajstić information content (AvgIpc) is 3.33. The highest BCUT2D eigenvalue weighted by Gasteiger charge is 2.61. The van der Waals surface area contributed by atoms with E-state index in [2.05, 4.69) is 44.5 Å². The fourth-order valence-corrected chi connectivity index (χ4v) is 6.28. The van der Waals surface area contributed by atoms with Crippen molar-refractivity contribution < 1.29 is 33.4 Å². The lowest BCUT2D eigenvalue weighted by Crippen LogP contribution is -2.56. The van der Waals surface area contributed by atoms with Gasteiger partial charge >= 0.3 is 12.1 Å². The maximum atomic E-state index is 14.0. The monoisotopic (exact) mass is 579 g/mol. The molecule has 0 aromatic carbocycles. The summed E-state index contributed by atoms with van der Waals surface area (Å²) >= 11 is 0. The van der Waals surface area contributed by atoms with Crippen LogP contribution < -0.4 is 10.6 Å². The molecule has 1 saturated heterocycles. The summed E-state index contributed by atoms with van der Waals surface area (Å²) in [4.78, 5) is 54.0. The molecule has 10 nitrogen and oxygen atoms in total. The van der Waals surface area contributed by atoms with Crippen LogP contribution in [-0.4, -0.2) is 65.4 Å². The first-order valence-electron chi connectivity index (χ1n) is 14.6. The molecule has 1 saturated carbocycles. The maximum Gasteiger partial charge on any atom is 0.408 e. The van der Waals surface area contributed by atoms with Crippen molar-refractivity contribution >= 4 is 32.2 Å². The number of nitrogens with zero attached hydrogens (tertiary/aromatic N) is 1. The van der Waals surface area contributed by atoms with Crippen molar-refractivity contribution in [3.63, 3.8) is 0 Å². The molecule has 0 aromatic rings. The molecule has 226 valence electrons. The number of carbonyl (C=O) groups is 4. The van der Waals surface area contributed by atoms with Crippen molar-refractivity contribution in [2.45, 2.75) is 141 Å². The Morgan fingerprint density at radius 2 is 1.65 bits per heavy atom. The molecule has 2 aliphatic heterocycles. The first kappa shape index (κ1) is 32.0. The second kappa shape index (κ2) is 11.7. The number of aliphatic carboxylic acids is 1. The van der Waals surface area contributed by atoms with E-state index in [0.29, 0.717) is 18.6 Å². The van der Waals surface area contributed by atoms with Crippen LogP contribution >= 0.6 is 0 Å². The van der Waals surface area contributed by atoms with Gasteiger partial charge in [-0.2, -0.15) is 0 Å². The molecule has 40 heavy (non-hydrogen) atoms. The third-order valence-corrected chi connectivity index (χ3v) is 13.0. The van der Waals surface area contributed by atoms with E-state index in [-0.39, 0.29) is 17.4 Å². The van der Waals surface area contributed by atoms with Gasteiger partial charge in [0.05, 0.1) is 5.76 Å². The zero-order valence-corrected chi connectivity index (χ0v) is 26.5. The topological polar surface area (TPSA) is 134 Å². The van der Waals surface area contributed by atoms with Gasteiger partial charge in [0, 0.05) is 12.6 Å². The lowest BCUT2D eigenvalue weighted by Gasteiger charge is -2.36. The van der Waals surface area contributed by atoms with Crippen LogP contribution in [0.4, 0.5) is 4.79 Å². The summed E-state index contributed by atoms with van der Waals surface area (Å²) in [6.45, 7) is 15.8. The van der Waals surface area contributed by atoms with E-state index in [0.717, 1.165) is 38.5 Å². The first-order valence-corrected chi connectivity index (χ1v) is 17.5. The normalized spacial score (nSPS) is 28.6. The fraction of sp³-hybridized carbons (Fsp3) is 0.793. The summed E-state index contributed by atoms with van der Waals surface area (Å²) in [5.41, 5.74) is -2.04. The van der Waals surface area contributed by atoms with Gasteiger partial charge in [0.2, 0.25) is 20.1 Å². The molecule has 0 aromatic heterocycles. The van der Waals surface area contributed by atoms with E-state index in [1.54, 1.807) is 27.0 Å². The predicted molar refractivity (Wildman–Crippen MR) is 154 cm³/mol. The van der Waals surface area contributed by atoms with Gasteiger partial charge in [-0.25, -0.2) is 9.59 Å². The number of hydrogen-bond acceptors (Lipinski definition) is 6. The van der Waals surface area contributed by atoms with Crippen LogP contribution in [0.15, 0.2) is 12.0 Å². The zero-order chi connectivity index (χ0) is 30.1. The summed E-state index contributed by atoms with van der Waals surface area (Å²) in [6, 6.07) is -1.88. The highest BCUT2D eigenvalue weighted by molar-refractivity contribution is 6.74. The number of nitrogens with one attached hydrogen (secondary N) is 2. The number of hydrogen-bond donors (Lipinski definition) is 3. The zero-order valence-electron chi connectivity index (χ0n) is 25.5. The third-order valence-electron chi connectivity index (χ3n) is 8.63. The predicted octanol–water partition coefficient (Wildman–Crippen LogP) is 5.05. The molecule has 4 atom stereocenters. The minimum Gasteiger partial charge on any atom is -0.545 e. The number of carbonyl (C=O) groups excluding carboxylic acids is 3. The molecular weight excluding hydrogens is 530 g/mol. The molecule has 11 heteroatoms. The van der Waals surface area contributed by atoms with Crippen LogP contribution in [0.3, 0.4) is 0 Å². The van der Waals surface area contributed by atoms with E-state index < -0.39 is 55.4 Å². The Morgan fingerprint density at radius 1 is 1.05 bits per heavy atom. The van der Waals surface area contributed by atoms with Gasteiger partial charge in [0.15, 0.2) is 0 Å². The Labute approximate surface area is 239 Å². The number of carboxylic acids is 1. The molecule has 3 rings (SSSR count). The van der Waals surface area contributed by atoms with Gasteiger partial charge in [0.25, 0.3) is 0 Å². The van der Waals surface area contributed by atoms with Gasteiger partial charge in [-0.05, 0) is 64.1 Å². The number of carboxylic acid groups (broad SMARTS) is 1. The van der Waals surface area contributed by atoms with Gasteiger partial charge in [-0.15, -0.1) is 0 Å². The molecule has 2 heterocycles. The minimum atomic E-state index is -2.29.